The van der Waals surface area contributed by atoms with Crippen molar-refractivity contribution in [1.82, 2.24) is 10.9 Å². The molecule has 9 heteroatoms. The summed E-state index contributed by atoms with van der Waals surface area (Å²) in [4.78, 5) is 23.8. The van der Waals surface area contributed by atoms with Crippen LogP contribution in [0.15, 0.2) is 58.1 Å². The van der Waals surface area contributed by atoms with Gasteiger partial charge in [0.25, 0.3) is 5.91 Å². The minimum Gasteiger partial charge on any atom is -0.375 e. The average molecular weight is 418 g/mol. The Hall–Kier alpha value is -2.75. The van der Waals surface area contributed by atoms with E-state index in [1.54, 1.807) is 42.5 Å². The third-order valence-corrected chi connectivity index (χ3v) is 4.50. The fourth-order valence-corrected chi connectivity index (χ4v) is 3.08. The molecule has 0 saturated carbocycles. The standard InChI is InChI=1S/C17H16BrN5O3/c18-11-6-7-13-12(8-11)17(26,15(24)20-13)9-14(22-23-16(25)21-19)10-4-2-1-3-5-10/h1-8,26H,9,19H2,(H,20,24)(H2,21,23,25)/b22-14+/t17-/m0/s1. The van der Waals surface area contributed by atoms with Gasteiger partial charge in [-0.1, -0.05) is 46.3 Å². The monoisotopic (exact) mass is 417 g/mol. The SMILES string of the molecule is NNC(=O)N/N=C(\C[C@@]1(O)C(=O)Nc2ccc(Br)cc21)c1ccccc1. The molecule has 0 aliphatic carbocycles. The summed E-state index contributed by atoms with van der Waals surface area (Å²) in [6, 6.07) is 13.4. The fraction of sp³-hybridized carbons (Fsp3) is 0.118. The van der Waals surface area contributed by atoms with Gasteiger partial charge in [0, 0.05) is 22.1 Å². The summed E-state index contributed by atoms with van der Waals surface area (Å²) in [5.41, 5.74) is 4.24. The van der Waals surface area contributed by atoms with E-state index in [2.05, 4.69) is 31.8 Å². The van der Waals surface area contributed by atoms with Crippen molar-refractivity contribution in [3.05, 3.63) is 64.1 Å². The first-order valence-electron chi connectivity index (χ1n) is 7.66. The lowest BCUT2D eigenvalue weighted by molar-refractivity contribution is -0.132. The Kier molecular flexibility index (Phi) is 5.03. The second-order valence-corrected chi connectivity index (χ2v) is 6.61. The van der Waals surface area contributed by atoms with Crippen molar-refractivity contribution in [3.8, 4) is 0 Å². The molecule has 2 aromatic carbocycles. The second-order valence-electron chi connectivity index (χ2n) is 5.69. The highest BCUT2D eigenvalue weighted by atomic mass is 79.9. The van der Waals surface area contributed by atoms with Crippen molar-refractivity contribution in [2.45, 2.75) is 12.0 Å². The molecule has 0 spiro atoms. The maximum Gasteiger partial charge on any atom is 0.349 e. The van der Waals surface area contributed by atoms with Crippen LogP contribution in [0.25, 0.3) is 0 Å². The second kappa shape index (κ2) is 7.24. The number of hydrogen-bond acceptors (Lipinski definition) is 5. The Morgan fingerprint density at radius 1 is 1.27 bits per heavy atom. The van der Waals surface area contributed by atoms with Crippen LogP contribution < -0.4 is 22.0 Å². The number of nitrogens with one attached hydrogen (secondary N) is 3. The largest absolute Gasteiger partial charge is 0.375 e. The fourth-order valence-electron chi connectivity index (χ4n) is 2.72. The molecule has 0 aromatic heterocycles. The number of halogens is 1. The zero-order valence-corrected chi connectivity index (χ0v) is 15.1. The van der Waals surface area contributed by atoms with Crippen LogP contribution in [0.2, 0.25) is 0 Å². The van der Waals surface area contributed by atoms with Crippen LogP contribution in [-0.4, -0.2) is 22.8 Å². The summed E-state index contributed by atoms with van der Waals surface area (Å²) < 4.78 is 0.727. The molecule has 0 fully saturated rings. The molecule has 0 radical (unpaired) electrons. The smallest absolute Gasteiger partial charge is 0.349 e. The van der Waals surface area contributed by atoms with Crippen LogP contribution in [0.3, 0.4) is 0 Å². The van der Waals surface area contributed by atoms with Crippen molar-refractivity contribution in [1.29, 1.82) is 0 Å². The molecule has 6 N–H and O–H groups in total. The molecule has 26 heavy (non-hydrogen) atoms. The number of nitrogens with two attached hydrogens (primary N) is 1. The number of hydrogen-bond donors (Lipinski definition) is 5. The Labute approximate surface area is 157 Å². The molecule has 0 bridgehead atoms. The number of carbonyl (C=O) groups excluding carboxylic acids is 2. The number of hydrazone groups is 1. The minimum atomic E-state index is -1.82. The Balaban J connectivity index is 2.00. The average Bonchev–Trinajstić information content (AvgIpc) is 2.89. The quantitative estimate of drug-likeness (QED) is 0.223. The van der Waals surface area contributed by atoms with Crippen molar-refractivity contribution < 1.29 is 14.7 Å². The number of carbonyl (C=O) groups is 2. The maximum absolute atomic E-state index is 12.5. The molecule has 8 nitrogen and oxygen atoms in total. The van der Waals surface area contributed by atoms with E-state index in [4.69, 9.17) is 5.84 Å². The highest BCUT2D eigenvalue weighted by molar-refractivity contribution is 9.10. The van der Waals surface area contributed by atoms with Gasteiger partial charge >= 0.3 is 6.03 Å². The Morgan fingerprint density at radius 2 is 2.00 bits per heavy atom. The van der Waals surface area contributed by atoms with Crippen molar-refractivity contribution >= 4 is 39.3 Å². The van der Waals surface area contributed by atoms with Gasteiger partial charge in [-0.2, -0.15) is 5.10 Å². The van der Waals surface area contributed by atoms with Gasteiger partial charge < -0.3 is 10.4 Å². The van der Waals surface area contributed by atoms with Crippen LogP contribution in [0.4, 0.5) is 10.5 Å². The molecule has 3 rings (SSSR count). The third-order valence-electron chi connectivity index (χ3n) is 4.00. The van der Waals surface area contributed by atoms with E-state index in [-0.39, 0.29) is 6.42 Å². The molecule has 0 saturated heterocycles. The van der Waals surface area contributed by atoms with E-state index in [9.17, 15) is 14.7 Å². The minimum absolute atomic E-state index is 0.142. The topological polar surface area (TPSA) is 129 Å². The molecule has 1 aliphatic rings. The van der Waals surface area contributed by atoms with Crippen LogP contribution >= 0.6 is 15.9 Å². The van der Waals surface area contributed by atoms with Gasteiger partial charge in [-0.25, -0.2) is 16.1 Å². The van der Waals surface area contributed by atoms with Crippen LogP contribution in [0.1, 0.15) is 17.5 Å². The molecular weight excluding hydrogens is 402 g/mol. The molecule has 0 unspecified atom stereocenters. The first kappa shape index (κ1) is 18.1. The highest BCUT2D eigenvalue weighted by Gasteiger charge is 2.46. The van der Waals surface area contributed by atoms with Gasteiger partial charge in [-0.05, 0) is 23.8 Å². The van der Waals surface area contributed by atoms with Crippen molar-refractivity contribution in [3.63, 3.8) is 0 Å². The Bertz CT molecular complexity index is 887. The maximum atomic E-state index is 12.5. The van der Waals surface area contributed by atoms with E-state index in [0.717, 1.165) is 4.47 Å². The zero-order chi connectivity index (χ0) is 18.7. The first-order valence-corrected chi connectivity index (χ1v) is 8.46. The molecule has 2 aromatic rings. The van der Waals surface area contributed by atoms with Crippen LogP contribution in [0, 0.1) is 0 Å². The number of fused-ring (bicyclic) bond motifs is 1. The Morgan fingerprint density at radius 3 is 2.69 bits per heavy atom. The van der Waals surface area contributed by atoms with E-state index in [1.165, 1.54) is 0 Å². The van der Waals surface area contributed by atoms with Gasteiger partial charge in [0.1, 0.15) is 0 Å². The normalized spacial score (nSPS) is 18.9. The summed E-state index contributed by atoms with van der Waals surface area (Å²) in [5.74, 6) is 4.48. The number of rotatable bonds is 4. The lowest BCUT2D eigenvalue weighted by Gasteiger charge is -2.22. The van der Waals surface area contributed by atoms with Crippen molar-refractivity contribution in [2.24, 2.45) is 10.9 Å². The van der Waals surface area contributed by atoms with E-state index < -0.39 is 17.5 Å². The predicted molar refractivity (Wildman–Crippen MR) is 100 cm³/mol. The first-order chi connectivity index (χ1) is 12.4. The summed E-state index contributed by atoms with van der Waals surface area (Å²) in [5, 5.41) is 17.8. The molecule has 3 amide bonds. The zero-order valence-electron chi connectivity index (χ0n) is 13.5. The molecule has 134 valence electrons. The van der Waals surface area contributed by atoms with Gasteiger partial charge in [0.15, 0.2) is 5.60 Å². The van der Waals surface area contributed by atoms with Crippen molar-refractivity contribution in [2.75, 3.05) is 5.32 Å². The number of nitrogens with zero attached hydrogens (tertiary/aromatic N) is 1. The van der Waals surface area contributed by atoms with E-state index >= 15 is 0 Å². The number of urea groups is 1. The van der Waals surface area contributed by atoms with Gasteiger partial charge in [-0.3, -0.25) is 10.2 Å². The predicted octanol–water partition coefficient (Wildman–Crippen LogP) is 1.56. The summed E-state index contributed by atoms with van der Waals surface area (Å²) in [7, 11) is 0. The van der Waals surface area contributed by atoms with E-state index in [0.29, 0.717) is 22.5 Å². The molecule has 1 aliphatic heterocycles. The van der Waals surface area contributed by atoms with E-state index in [1.807, 2.05) is 11.5 Å². The van der Waals surface area contributed by atoms with Gasteiger partial charge in [0.05, 0.1) is 5.71 Å². The summed E-state index contributed by atoms with van der Waals surface area (Å²) in [6.07, 6.45) is -0.142. The molecular formula is C17H16BrN5O3. The number of anilines is 1. The van der Waals surface area contributed by atoms with Gasteiger partial charge in [-0.15, -0.1) is 0 Å². The van der Waals surface area contributed by atoms with Crippen LogP contribution in [-0.2, 0) is 10.4 Å². The lowest BCUT2D eigenvalue weighted by Crippen LogP contribution is -2.40. The highest BCUT2D eigenvalue weighted by Crippen LogP contribution is 2.40. The number of benzene rings is 2. The number of aliphatic hydroxyl groups is 1. The number of amides is 3. The van der Waals surface area contributed by atoms with Gasteiger partial charge in [0.2, 0.25) is 0 Å². The van der Waals surface area contributed by atoms with Crippen LogP contribution in [0.5, 0.6) is 0 Å². The summed E-state index contributed by atoms with van der Waals surface area (Å²) >= 11 is 3.35. The summed E-state index contributed by atoms with van der Waals surface area (Å²) in [6.45, 7) is 0. The molecule has 1 heterocycles. The lowest BCUT2D eigenvalue weighted by atomic mass is 9.87. The number of hydrazine groups is 1. The third kappa shape index (κ3) is 3.45. The molecule has 1 atom stereocenters.